The minimum Gasteiger partial charge on any atom is -0.331 e. The summed E-state index contributed by atoms with van der Waals surface area (Å²) < 4.78 is 0. The van der Waals surface area contributed by atoms with Crippen LogP contribution in [0.5, 0.6) is 0 Å². The Hall–Kier alpha value is -1.10. The fourth-order valence-corrected chi connectivity index (χ4v) is 1.82. The maximum Gasteiger partial charge on any atom is 0.251 e. The zero-order chi connectivity index (χ0) is 12.3. The van der Waals surface area contributed by atoms with Crippen molar-refractivity contribution in [3.63, 3.8) is 0 Å². The average Bonchev–Trinajstić information content (AvgIpc) is 2.53. The summed E-state index contributed by atoms with van der Waals surface area (Å²) in [6.45, 7) is 9.83. The lowest BCUT2D eigenvalue weighted by Crippen LogP contribution is -2.33. The summed E-state index contributed by atoms with van der Waals surface area (Å²) >= 11 is 1.43. The minimum absolute atomic E-state index is 0.0678. The molecule has 0 aromatic heterocycles. The molecule has 1 amide bonds. The van der Waals surface area contributed by atoms with Crippen LogP contribution in [0.3, 0.4) is 0 Å². The molecule has 0 N–H and O–H groups in total. The van der Waals surface area contributed by atoms with Crippen LogP contribution in [0.15, 0.2) is 21.3 Å². The van der Waals surface area contributed by atoms with Crippen LogP contribution in [0.25, 0.3) is 0 Å². The fraction of sp³-hybridized carbons (Fsp3) is 0.545. The van der Waals surface area contributed by atoms with E-state index in [4.69, 9.17) is 0 Å². The molecule has 0 saturated heterocycles. The molecule has 0 unspecified atom stereocenters. The van der Waals surface area contributed by atoms with Crippen molar-refractivity contribution in [2.75, 3.05) is 12.8 Å². The van der Waals surface area contributed by atoms with Crippen LogP contribution in [0, 0.1) is 0 Å². The molecule has 1 heterocycles. The molecule has 0 bridgehead atoms. The molecule has 5 heteroatoms. The van der Waals surface area contributed by atoms with Crippen LogP contribution in [-0.2, 0) is 4.79 Å². The maximum absolute atomic E-state index is 11.9. The molecule has 0 aromatic rings. The maximum atomic E-state index is 11.9. The molecule has 0 radical (unpaired) electrons. The number of hydrogen-bond acceptors (Lipinski definition) is 3. The second kappa shape index (κ2) is 5.30. The van der Waals surface area contributed by atoms with Crippen molar-refractivity contribution in [2.24, 2.45) is 9.98 Å². The monoisotopic (exact) mass is 239 g/mol. The minimum atomic E-state index is 0.0678. The van der Waals surface area contributed by atoms with Crippen molar-refractivity contribution >= 4 is 29.6 Å². The van der Waals surface area contributed by atoms with Crippen molar-refractivity contribution in [3.8, 4) is 0 Å². The van der Waals surface area contributed by atoms with Crippen LogP contribution in [-0.4, -0.2) is 41.5 Å². The van der Waals surface area contributed by atoms with E-state index in [1.165, 1.54) is 11.8 Å². The third-order valence-electron chi connectivity index (χ3n) is 2.51. The second-order valence-corrected chi connectivity index (χ2v) is 4.63. The number of amidine groups is 1. The smallest absolute Gasteiger partial charge is 0.251 e. The van der Waals surface area contributed by atoms with Crippen LogP contribution in [0.2, 0.25) is 0 Å². The highest BCUT2D eigenvalue weighted by Gasteiger charge is 2.29. The van der Waals surface area contributed by atoms with Gasteiger partial charge >= 0.3 is 0 Å². The van der Waals surface area contributed by atoms with Crippen molar-refractivity contribution in [3.05, 3.63) is 11.3 Å². The quantitative estimate of drug-likeness (QED) is 0.546. The van der Waals surface area contributed by atoms with Gasteiger partial charge in [0, 0.05) is 11.6 Å². The number of amides is 1. The summed E-state index contributed by atoms with van der Waals surface area (Å²) in [5, 5.41) is 0.604. The molecule has 0 atom stereocenters. The second-order valence-electron chi connectivity index (χ2n) is 3.86. The van der Waals surface area contributed by atoms with E-state index < -0.39 is 0 Å². The molecular weight excluding hydrogens is 222 g/mol. The van der Waals surface area contributed by atoms with Crippen molar-refractivity contribution < 1.29 is 4.79 Å². The highest BCUT2D eigenvalue weighted by atomic mass is 32.2. The van der Waals surface area contributed by atoms with Gasteiger partial charge in [-0.25, -0.2) is 9.98 Å². The Balaban J connectivity index is 2.95. The Bertz CT molecular complexity index is 371. The molecule has 0 saturated carbocycles. The fourth-order valence-electron chi connectivity index (χ4n) is 1.49. The molecular formula is C11H17N3OS. The van der Waals surface area contributed by atoms with Crippen LogP contribution in [0.1, 0.15) is 20.8 Å². The van der Waals surface area contributed by atoms with Crippen LogP contribution in [0.4, 0.5) is 0 Å². The third-order valence-corrected chi connectivity index (χ3v) is 3.09. The number of aliphatic imine (C=N–C) groups is 2. The first kappa shape index (κ1) is 13.0. The summed E-state index contributed by atoms with van der Waals surface area (Å²) in [6, 6.07) is 0.199. The molecule has 16 heavy (non-hydrogen) atoms. The van der Waals surface area contributed by atoms with Gasteiger partial charge in [0.05, 0.1) is 12.2 Å². The van der Waals surface area contributed by atoms with Gasteiger partial charge in [-0.1, -0.05) is 11.8 Å². The largest absolute Gasteiger partial charge is 0.331 e. The van der Waals surface area contributed by atoms with Crippen LogP contribution < -0.4 is 0 Å². The first-order valence-corrected chi connectivity index (χ1v) is 6.33. The van der Waals surface area contributed by atoms with Gasteiger partial charge in [-0.2, -0.15) is 0 Å². The van der Waals surface area contributed by atoms with E-state index in [2.05, 4.69) is 16.7 Å². The topological polar surface area (TPSA) is 45.0 Å². The summed E-state index contributed by atoms with van der Waals surface area (Å²) in [6.07, 6.45) is 1.89. The average molecular weight is 239 g/mol. The third kappa shape index (κ3) is 2.52. The van der Waals surface area contributed by atoms with E-state index in [1.54, 1.807) is 4.90 Å². The molecule has 1 aliphatic rings. The predicted octanol–water partition coefficient (Wildman–Crippen LogP) is 1.93. The number of rotatable bonds is 2. The number of nitrogens with zero attached hydrogens (tertiary/aromatic N) is 3. The summed E-state index contributed by atoms with van der Waals surface area (Å²) in [5.74, 6) is 0.0678. The van der Waals surface area contributed by atoms with Gasteiger partial charge in [-0.3, -0.25) is 4.79 Å². The number of carbonyl (C=O) groups excluding carboxylic acids is 1. The molecule has 1 rings (SSSR count). The predicted molar refractivity (Wildman–Crippen MR) is 70.0 cm³/mol. The van der Waals surface area contributed by atoms with Gasteiger partial charge < -0.3 is 4.90 Å². The Morgan fingerprint density at radius 1 is 1.56 bits per heavy atom. The van der Waals surface area contributed by atoms with Crippen molar-refractivity contribution in [1.82, 2.24) is 4.90 Å². The number of hydrogen-bond donors (Lipinski definition) is 0. The molecule has 1 aliphatic heterocycles. The van der Waals surface area contributed by atoms with Gasteiger partial charge in [0.2, 0.25) is 0 Å². The first-order chi connectivity index (χ1) is 7.51. The Labute approximate surface area is 101 Å². The van der Waals surface area contributed by atoms with Crippen molar-refractivity contribution in [2.45, 2.75) is 26.8 Å². The highest BCUT2D eigenvalue weighted by molar-refractivity contribution is 8.13. The highest BCUT2D eigenvalue weighted by Crippen LogP contribution is 2.22. The summed E-state index contributed by atoms with van der Waals surface area (Å²) in [7, 11) is 0. The Morgan fingerprint density at radius 2 is 2.19 bits per heavy atom. The molecule has 4 nitrogen and oxygen atoms in total. The normalized spacial score (nSPS) is 17.7. The van der Waals surface area contributed by atoms with Gasteiger partial charge in [-0.05, 0) is 33.7 Å². The van der Waals surface area contributed by atoms with E-state index in [-0.39, 0.29) is 11.9 Å². The summed E-state index contributed by atoms with van der Waals surface area (Å²) in [4.78, 5) is 21.8. The number of thioether (sulfide) groups is 1. The lowest BCUT2D eigenvalue weighted by Gasteiger charge is -2.20. The Kier molecular flexibility index (Phi) is 4.29. The Morgan fingerprint density at radius 3 is 2.56 bits per heavy atom. The zero-order valence-corrected chi connectivity index (χ0v) is 11.0. The van der Waals surface area contributed by atoms with Crippen LogP contribution >= 0.6 is 11.8 Å². The molecule has 0 aromatic carbocycles. The van der Waals surface area contributed by atoms with E-state index in [0.717, 1.165) is 5.70 Å². The molecule has 0 aliphatic carbocycles. The van der Waals surface area contributed by atoms with Gasteiger partial charge in [-0.15, -0.1) is 0 Å². The summed E-state index contributed by atoms with van der Waals surface area (Å²) in [5.41, 5.74) is 1.51. The molecule has 0 spiro atoms. The number of carbonyl (C=O) groups is 1. The lowest BCUT2D eigenvalue weighted by atomic mass is 10.3. The van der Waals surface area contributed by atoms with Gasteiger partial charge in [0.1, 0.15) is 0 Å². The van der Waals surface area contributed by atoms with Crippen molar-refractivity contribution in [1.29, 1.82) is 0 Å². The van der Waals surface area contributed by atoms with E-state index >= 15 is 0 Å². The van der Waals surface area contributed by atoms with Gasteiger partial charge in [0.15, 0.2) is 5.17 Å². The van der Waals surface area contributed by atoms with E-state index in [9.17, 15) is 4.79 Å². The lowest BCUT2D eigenvalue weighted by molar-refractivity contribution is -0.126. The standard InChI is InChI=1S/C11H17N3OS/c1-7(2)14-6-9(8(3)10(14)15)13-11(12-4)16-5/h7H,4,6H2,1-3,5H3/b13-11+. The molecule has 0 fully saturated rings. The van der Waals surface area contributed by atoms with E-state index in [1.807, 2.05) is 27.0 Å². The van der Waals surface area contributed by atoms with E-state index in [0.29, 0.717) is 17.3 Å². The SMILES string of the molecule is C=N/C(=N\C1=C(C)C(=O)N(C(C)C)C1)SC. The molecule has 88 valence electrons. The van der Waals surface area contributed by atoms with Gasteiger partial charge in [0.25, 0.3) is 5.91 Å². The first-order valence-electron chi connectivity index (χ1n) is 5.11. The zero-order valence-electron chi connectivity index (χ0n) is 10.1.